The van der Waals surface area contributed by atoms with Crippen LogP contribution >= 0.6 is 22.7 Å². The van der Waals surface area contributed by atoms with Gasteiger partial charge in [0.15, 0.2) is 10.3 Å². The lowest BCUT2D eigenvalue weighted by Gasteiger charge is -2.08. The van der Waals surface area contributed by atoms with Gasteiger partial charge >= 0.3 is 0 Å². The predicted octanol–water partition coefficient (Wildman–Crippen LogP) is 5.19. The highest BCUT2D eigenvalue weighted by Gasteiger charge is 2.13. The highest BCUT2D eigenvalue weighted by molar-refractivity contribution is 7.22. The highest BCUT2D eigenvalue weighted by Crippen LogP contribution is 2.27. The van der Waals surface area contributed by atoms with Gasteiger partial charge in [-0.2, -0.15) is 0 Å². The van der Waals surface area contributed by atoms with E-state index in [2.05, 4.69) is 27.2 Å². The molecule has 0 fully saturated rings. The first-order valence-corrected chi connectivity index (χ1v) is 11.0. The van der Waals surface area contributed by atoms with E-state index in [9.17, 15) is 4.79 Å². The molecule has 31 heavy (non-hydrogen) atoms. The molecule has 0 saturated carbocycles. The number of hydrogen-bond donors (Lipinski definition) is 2. The smallest absolute Gasteiger partial charge is 0.257 e. The van der Waals surface area contributed by atoms with Crippen LogP contribution in [0, 0.1) is 0 Å². The molecule has 0 spiro atoms. The maximum absolute atomic E-state index is 12.6. The van der Waals surface area contributed by atoms with Crippen molar-refractivity contribution in [3.05, 3.63) is 71.4 Å². The minimum Gasteiger partial charge on any atom is -0.497 e. The van der Waals surface area contributed by atoms with Crippen LogP contribution in [-0.2, 0) is 6.42 Å². The Morgan fingerprint density at radius 3 is 2.48 bits per heavy atom. The summed E-state index contributed by atoms with van der Waals surface area (Å²) < 4.78 is 11.6. The van der Waals surface area contributed by atoms with Gasteiger partial charge in [0, 0.05) is 29.1 Å². The third kappa shape index (κ3) is 5.01. The van der Waals surface area contributed by atoms with Crippen molar-refractivity contribution in [3.8, 4) is 11.5 Å². The van der Waals surface area contributed by atoms with Crippen molar-refractivity contribution in [1.29, 1.82) is 0 Å². The Bertz CT molecular complexity index is 1190. The fourth-order valence-corrected chi connectivity index (χ4v) is 4.51. The lowest BCUT2D eigenvalue weighted by Crippen LogP contribution is -2.12. The van der Waals surface area contributed by atoms with Crippen molar-refractivity contribution in [2.45, 2.75) is 6.42 Å². The van der Waals surface area contributed by atoms with E-state index in [1.165, 1.54) is 11.3 Å². The van der Waals surface area contributed by atoms with Crippen LogP contribution in [0.15, 0.2) is 60.1 Å². The van der Waals surface area contributed by atoms with Crippen molar-refractivity contribution in [2.75, 3.05) is 24.9 Å². The van der Waals surface area contributed by atoms with E-state index >= 15 is 0 Å². The number of allylic oxidation sites excluding steroid dienone is 1. The SMILES string of the molecule is C=C(Cc1csc(NC(=O)c2cc(OC)cc(OC)c2)n1)Nc1nc2ccccc2s1. The number of carbonyl (C=O) groups excluding carboxylic acids is 1. The predicted molar refractivity (Wildman–Crippen MR) is 126 cm³/mol. The largest absolute Gasteiger partial charge is 0.497 e. The fraction of sp³-hybridized carbons (Fsp3) is 0.136. The Labute approximate surface area is 187 Å². The zero-order valence-electron chi connectivity index (χ0n) is 17.0. The molecule has 0 aliphatic carbocycles. The molecule has 0 aliphatic rings. The van der Waals surface area contributed by atoms with Crippen LogP contribution in [0.25, 0.3) is 10.2 Å². The summed E-state index contributed by atoms with van der Waals surface area (Å²) in [7, 11) is 3.08. The van der Waals surface area contributed by atoms with Crippen LogP contribution in [-0.4, -0.2) is 30.1 Å². The van der Waals surface area contributed by atoms with E-state index in [4.69, 9.17) is 9.47 Å². The van der Waals surface area contributed by atoms with E-state index in [0.717, 1.165) is 26.7 Å². The number of methoxy groups -OCH3 is 2. The summed E-state index contributed by atoms with van der Waals surface area (Å²) >= 11 is 2.93. The zero-order chi connectivity index (χ0) is 21.8. The Morgan fingerprint density at radius 1 is 1.03 bits per heavy atom. The van der Waals surface area contributed by atoms with Gasteiger partial charge in [-0.05, 0) is 24.3 Å². The van der Waals surface area contributed by atoms with E-state index in [-0.39, 0.29) is 5.91 Å². The second-order valence-corrected chi connectivity index (χ2v) is 8.48. The number of aromatic nitrogens is 2. The summed E-state index contributed by atoms with van der Waals surface area (Å²) in [6.45, 7) is 4.08. The molecule has 2 aromatic carbocycles. The van der Waals surface area contributed by atoms with Crippen LogP contribution in [0.3, 0.4) is 0 Å². The average molecular weight is 453 g/mol. The van der Waals surface area contributed by atoms with Crippen molar-refractivity contribution in [2.24, 2.45) is 0 Å². The van der Waals surface area contributed by atoms with Gasteiger partial charge in [-0.25, -0.2) is 9.97 Å². The number of amides is 1. The number of benzene rings is 2. The monoisotopic (exact) mass is 452 g/mol. The van der Waals surface area contributed by atoms with Crippen LogP contribution in [0.4, 0.5) is 10.3 Å². The van der Waals surface area contributed by atoms with Gasteiger partial charge < -0.3 is 14.8 Å². The average Bonchev–Trinajstić information content (AvgIpc) is 3.38. The maximum Gasteiger partial charge on any atom is 0.257 e. The molecule has 0 unspecified atom stereocenters. The van der Waals surface area contributed by atoms with E-state index < -0.39 is 0 Å². The zero-order valence-corrected chi connectivity index (χ0v) is 18.6. The van der Waals surface area contributed by atoms with Gasteiger partial charge in [0.1, 0.15) is 11.5 Å². The second kappa shape index (κ2) is 9.15. The minimum atomic E-state index is -0.287. The molecule has 2 heterocycles. The number of fused-ring (bicyclic) bond motifs is 1. The van der Waals surface area contributed by atoms with E-state index in [1.54, 1.807) is 43.8 Å². The minimum absolute atomic E-state index is 0.287. The van der Waals surface area contributed by atoms with Crippen molar-refractivity contribution < 1.29 is 14.3 Å². The summed E-state index contributed by atoms with van der Waals surface area (Å²) in [5.41, 5.74) is 2.97. The Kier molecular flexibility index (Phi) is 6.15. The summed E-state index contributed by atoms with van der Waals surface area (Å²) in [4.78, 5) is 21.7. The van der Waals surface area contributed by atoms with Gasteiger partial charge in [0.2, 0.25) is 0 Å². The third-order valence-corrected chi connectivity index (χ3v) is 6.12. The number of carbonyl (C=O) groups is 1. The normalized spacial score (nSPS) is 10.6. The standard InChI is InChI=1S/C22H20N4O3S2/c1-13(23-22-25-18-6-4-5-7-19(18)31-22)8-15-12-30-21(24-15)26-20(27)14-9-16(28-2)11-17(10-14)29-3/h4-7,9-12H,1,8H2,2-3H3,(H,23,25)(H,24,26,27). The first-order valence-electron chi connectivity index (χ1n) is 9.33. The molecule has 4 rings (SSSR count). The summed E-state index contributed by atoms with van der Waals surface area (Å²) in [6, 6.07) is 13.0. The third-order valence-electron chi connectivity index (χ3n) is 4.36. The van der Waals surface area contributed by atoms with Gasteiger partial charge in [-0.15, -0.1) is 11.3 Å². The molecule has 0 saturated heterocycles. The molecule has 4 aromatic rings. The Morgan fingerprint density at radius 2 is 1.77 bits per heavy atom. The van der Waals surface area contributed by atoms with E-state index in [1.807, 2.05) is 29.6 Å². The number of ether oxygens (including phenoxy) is 2. The topological polar surface area (TPSA) is 85.4 Å². The molecule has 0 aliphatic heterocycles. The molecular formula is C22H20N4O3S2. The highest BCUT2D eigenvalue weighted by atomic mass is 32.1. The molecular weight excluding hydrogens is 432 g/mol. The lowest BCUT2D eigenvalue weighted by atomic mass is 10.2. The van der Waals surface area contributed by atoms with Crippen molar-refractivity contribution >= 4 is 49.1 Å². The van der Waals surface area contributed by atoms with Gasteiger partial charge in [0.25, 0.3) is 5.91 Å². The van der Waals surface area contributed by atoms with Gasteiger partial charge in [-0.3, -0.25) is 10.1 Å². The summed E-state index contributed by atoms with van der Waals surface area (Å²) in [5.74, 6) is 0.799. The number of rotatable bonds is 8. The second-order valence-electron chi connectivity index (χ2n) is 6.59. The number of nitrogens with one attached hydrogen (secondary N) is 2. The van der Waals surface area contributed by atoms with Crippen molar-refractivity contribution in [1.82, 2.24) is 9.97 Å². The molecule has 2 N–H and O–H groups in total. The molecule has 0 bridgehead atoms. The molecule has 0 atom stereocenters. The summed E-state index contributed by atoms with van der Waals surface area (Å²) in [5, 5.41) is 9.26. The van der Waals surface area contributed by atoms with E-state index in [0.29, 0.717) is 28.6 Å². The molecule has 1 amide bonds. The molecule has 7 nitrogen and oxygen atoms in total. The molecule has 9 heteroatoms. The van der Waals surface area contributed by atoms with Crippen LogP contribution in [0.5, 0.6) is 11.5 Å². The fourth-order valence-electron chi connectivity index (χ4n) is 2.89. The quantitative estimate of drug-likeness (QED) is 0.383. The number of anilines is 2. The first kappa shape index (κ1) is 20.8. The Hall–Kier alpha value is -3.43. The first-order chi connectivity index (χ1) is 15.0. The number of nitrogens with zero attached hydrogens (tertiary/aromatic N) is 2. The van der Waals surface area contributed by atoms with Crippen LogP contribution in [0.1, 0.15) is 16.1 Å². The van der Waals surface area contributed by atoms with Gasteiger partial charge in [-0.1, -0.05) is 30.0 Å². The number of hydrogen-bond acceptors (Lipinski definition) is 8. The molecule has 0 radical (unpaired) electrons. The Balaban J connectivity index is 1.38. The maximum atomic E-state index is 12.6. The van der Waals surface area contributed by atoms with Crippen LogP contribution < -0.4 is 20.1 Å². The lowest BCUT2D eigenvalue weighted by molar-refractivity contribution is 0.102. The summed E-state index contributed by atoms with van der Waals surface area (Å²) in [6.07, 6.45) is 0.523. The van der Waals surface area contributed by atoms with Crippen LogP contribution in [0.2, 0.25) is 0 Å². The van der Waals surface area contributed by atoms with Gasteiger partial charge in [0.05, 0.1) is 30.1 Å². The number of para-hydroxylation sites is 1. The molecule has 158 valence electrons. The number of thiazole rings is 2. The molecule has 2 aromatic heterocycles. The van der Waals surface area contributed by atoms with Crippen molar-refractivity contribution in [3.63, 3.8) is 0 Å².